The Bertz CT molecular complexity index is 794. The number of ether oxygens (including phenoxy) is 1. The number of aryl methyl sites for hydroxylation is 1. The first-order valence-electron chi connectivity index (χ1n) is 9.70. The highest BCUT2D eigenvalue weighted by atomic mass is 32.2. The van der Waals surface area contributed by atoms with Crippen molar-refractivity contribution >= 4 is 23.5 Å². The summed E-state index contributed by atoms with van der Waals surface area (Å²) in [6.45, 7) is 11.0. The fourth-order valence-electron chi connectivity index (χ4n) is 2.74. The van der Waals surface area contributed by atoms with Crippen molar-refractivity contribution in [3.63, 3.8) is 0 Å². The second kappa shape index (κ2) is 9.37. The van der Waals surface area contributed by atoms with Crippen molar-refractivity contribution in [1.82, 2.24) is 14.7 Å². The smallest absolute Gasteiger partial charge is 0.410 e. The van der Waals surface area contributed by atoms with Crippen LogP contribution in [-0.2, 0) is 24.1 Å². The fraction of sp³-hybridized carbons (Fsp3) is 0.524. The molecule has 0 spiro atoms. The standard InChI is InChI=1S/C21H32N4O2S/c1-7-17-19(28-16-11-9-15(22)10-12-16)18(8-2)25(23-17)14-13-24(6)20(26)27-21(3,4)5/h9-12H,7-8,13-14,22H2,1-6H3. The summed E-state index contributed by atoms with van der Waals surface area (Å²) in [7, 11) is 1.76. The van der Waals surface area contributed by atoms with Crippen molar-refractivity contribution in [2.75, 3.05) is 19.3 Å². The van der Waals surface area contributed by atoms with Crippen LogP contribution in [0.25, 0.3) is 0 Å². The van der Waals surface area contributed by atoms with Gasteiger partial charge in [-0.2, -0.15) is 5.10 Å². The maximum atomic E-state index is 12.2. The van der Waals surface area contributed by atoms with Crippen LogP contribution in [0.1, 0.15) is 46.0 Å². The van der Waals surface area contributed by atoms with Crippen molar-refractivity contribution in [1.29, 1.82) is 0 Å². The van der Waals surface area contributed by atoms with E-state index in [0.29, 0.717) is 13.1 Å². The Kier molecular flexibility index (Phi) is 7.41. The van der Waals surface area contributed by atoms with Gasteiger partial charge in [-0.25, -0.2) is 4.79 Å². The first-order chi connectivity index (χ1) is 13.1. The third kappa shape index (κ3) is 5.92. The summed E-state index contributed by atoms with van der Waals surface area (Å²) in [4.78, 5) is 16.1. The summed E-state index contributed by atoms with van der Waals surface area (Å²) in [5, 5.41) is 4.81. The molecule has 7 heteroatoms. The van der Waals surface area contributed by atoms with Crippen LogP contribution in [0.5, 0.6) is 0 Å². The number of nitrogens with zero attached hydrogens (tertiary/aromatic N) is 3. The van der Waals surface area contributed by atoms with Gasteiger partial charge in [0.05, 0.1) is 22.8 Å². The van der Waals surface area contributed by atoms with Crippen molar-refractivity contribution in [2.45, 2.75) is 69.4 Å². The van der Waals surface area contributed by atoms with Gasteiger partial charge in [-0.05, 0) is 57.9 Å². The Labute approximate surface area is 172 Å². The highest BCUT2D eigenvalue weighted by Crippen LogP contribution is 2.34. The average Bonchev–Trinajstić information content (AvgIpc) is 2.96. The molecule has 2 N–H and O–H groups in total. The average molecular weight is 405 g/mol. The molecule has 6 nitrogen and oxygen atoms in total. The molecule has 0 unspecified atom stereocenters. The zero-order chi connectivity index (χ0) is 20.9. The Balaban J connectivity index is 2.15. The number of rotatable bonds is 7. The lowest BCUT2D eigenvalue weighted by Crippen LogP contribution is -2.36. The van der Waals surface area contributed by atoms with Gasteiger partial charge >= 0.3 is 6.09 Å². The van der Waals surface area contributed by atoms with E-state index >= 15 is 0 Å². The molecule has 1 heterocycles. The molecule has 0 saturated heterocycles. The predicted octanol–water partition coefficient (Wildman–Crippen LogP) is 4.61. The van der Waals surface area contributed by atoms with Crippen molar-refractivity contribution < 1.29 is 9.53 Å². The highest BCUT2D eigenvalue weighted by Gasteiger charge is 2.21. The van der Waals surface area contributed by atoms with E-state index in [1.165, 1.54) is 10.6 Å². The lowest BCUT2D eigenvalue weighted by molar-refractivity contribution is 0.0292. The minimum Gasteiger partial charge on any atom is -0.444 e. The summed E-state index contributed by atoms with van der Waals surface area (Å²) in [6, 6.07) is 7.90. The van der Waals surface area contributed by atoms with E-state index in [2.05, 4.69) is 13.8 Å². The molecule has 0 fully saturated rings. The molecule has 1 aromatic heterocycles. The van der Waals surface area contributed by atoms with Crippen LogP contribution < -0.4 is 5.73 Å². The van der Waals surface area contributed by atoms with E-state index in [0.717, 1.165) is 29.1 Å². The van der Waals surface area contributed by atoms with Gasteiger partial charge in [0.25, 0.3) is 0 Å². The summed E-state index contributed by atoms with van der Waals surface area (Å²) < 4.78 is 7.45. The van der Waals surface area contributed by atoms with Crippen molar-refractivity contribution in [2.24, 2.45) is 0 Å². The number of nitrogen functional groups attached to an aromatic ring is 1. The van der Waals surface area contributed by atoms with Crippen LogP contribution in [0.3, 0.4) is 0 Å². The minimum atomic E-state index is -0.496. The van der Waals surface area contributed by atoms with E-state index in [4.69, 9.17) is 15.6 Å². The van der Waals surface area contributed by atoms with Crippen LogP contribution in [0, 0.1) is 0 Å². The maximum Gasteiger partial charge on any atom is 0.410 e. The topological polar surface area (TPSA) is 73.4 Å². The lowest BCUT2D eigenvalue weighted by Gasteiger charge is -2.24. The van der Waals surface area contributed by atoms with Crippen molar-refractivity contribution in [3.05, 3.63) is 35.7 Å². The number of benzene rings is 1. The quantitative estimate of drug-likeness (QED) is 0.682. The number of likely N-dealkylation sites (N-methyl/N-ethyl adjacent to an activating group) is 1. The second-order valence-corrected chi connectivity index (χ2v) is 8.81. The Morgan fingerprint density at radius 3 is 2.39 bits per heavy atom. The molecule has 28 heavy (non-hydrogen) atoms. The van der Waals surface area contributed by atoms with Gasteiger partial charge in [0.2, 0.25) is 0 Å². The Morgan fingerprint density at radius 2 is 1.86 bits per heavy atom. The summed E-state index contributed by atoms with van der Waals surface area (Å²) in [5.74, 6) is 0. The minimum absolute atomic E-state index is 0.315. The highest BCUT2D eigenvalue weighted by molar-refractivity contribution is 7.99. The first-order valence-corrected chi connectivity index (χ1v) is 10.5. The number of aromatic nitrogens is 2. The lowest BCUT2D eigenvalue weighted by atomic mass is 10.2. The number of carbonyl (C=O) groups is 1. The number of amides is 1. The van der Waals surface area contributed by atoms with Crippen LogP contribution in [0.4, 0.5) is 10.5 Å². The molecule has 0 aliphatic carbocycles. The number of hydrogen-bond donors (Lipinski definition) is 1. The largest absolute Gasteiger partial charge is 0.444 e. The van der Waals surface area contributed by atoms with E-state index in [-0.39, 0.29) is 6.09 Å². The monoisotopic (exact) mass is 404 g/mol. The summed E-state index contributed by atoms with van der Waals surface area (Å²) >= 11 is 1.72. The third-order valence-electron chi connectivity index (χ3n) is 4.20. The van der Waals surface area contributed by atoms with Gasteiger partial charge in [-0.3, -0.25) is 4.68 Å². The van der Waals surface area contributed by atoms with Crippen LogP contribution in [-0.4, -0.2) is 40.0 Å². The van der Waals surface area contributed by atoms with E-state index in [1.807, 2.05) is 49.7 Å². The van der Waals surface area contributed by atoms with Gasteiger partial charge in [-0.15, -0.1) is 0 Å². The second-order valence-electron chi connectivity index (χ2n) is 7.73. The van der Waals surface area contributed by atoms with Gasteiger partial charge in [0, 0.05) is 24.2 Å². The van der Waals surface area contributed by atoms with Crippen LogP contribution in [0.2, 0.25) is 0 Å². The molecule has 0 radical (unpaired) electrons. The van der Waals surface area contributed by atoms with Gasteiger partial charge in [-0.1, -0.05) is 25.6 Å². The third-order valence-corrected chi connectivity index (χ3v) is 5.38. The van der Waals surface area contributed by atoms with E-state index in [9.17, 15) is 4.79 Å². The first kappa shape index (κ1) is 22.1. The molecule has 1 amide bonds. The molecular weight excluding hydrogens is 372 g/mol. The van der Waals surface area contributed by atoms with Gasteiger partial charge in [0.1, 0.15) is 5.60 Å². The Morgan fingerprint density at radius 1 is 1.21 bits per heavy atom. The summed E-state index contributed by atoms with van der Waals surface area (Å²) in [6.07, 6.45) is 1.42. The molecule has 2 aromatic rings. The van der Waals surface area contributed by atoms with Gasteiger partial charge in [0.15, 0.2) is 0 Å². The fourth-order valence-corrected chi connectivity index (χ4v) is 3.92. The Hall–Kier alpha value is -2.15. The SMILES string of the molecule is CCc1nn(CCN(C)C(=O)OC(C)(C)C)c(CC)c1Sc1ccc(N)cc1. The molecule has 0 saturated carbocycles. The molecule has 0 atom stereocenters. The molecular formula is C21H32N4O2S. The van der Waals surface area contributed by atoms with E-state index < -0.39 is 5.60 Å². The van der Waals surface area contributed by atoms with E-state index in [1.54, 1.807) is 23.7 Å². The molecule has 2 rings (SSSR count). The predicted molar refractivity (Wildman–Crippen MR) is 115 cm³/mol. The molecule has 154 valence electrons. The molecule has 1 aromatic carbocycles. The maximum absolute atomic E-state index is 12.2. The molecule has 0 aliphatic rings. The molecule has 0 bridgehead atoms. The summed E-state index contributed by atoms with van der Waals surface area (Å²) in [5.41, 5.74) is 8.34. The number of anilines is 1. The van der Waals surface area contributed by atoms with Crippen molar-refractivity contribution in [3.8, 4) is 0 Å². The molecule has 0 aliphatic heterocycles. The zero-order valence-electron chi connectivity index (χ0n) is 17.8. The van der Waals surface area contributed by atoms with Crippen LogP contribution >= 0.6 is 11.8 Å². The number of hydrogen-bond acceptors (Lipinski definition) is 5. The number of nitrogens with two attached hydrogens (primary N) is 1. The van der Waals surface area contributed by atoms with Gasteiger partial charge < -0.3 is 15.4 Å². The zero-order valence-corrected chi connectivity index (χ0v) is 18.6. The number of carbonyl (C=O) groups excluding carboxylic acids is 1. The van der Waals surface area contributed by atoms with Crippen LogP contribution in [0.15, 0.2) is 34.1 Å². The normalized spacial score (nSPS) is 11.5.